The van der Waals surface area contributed by atoms with Crippen LogP contribution < -0.4 is 10.5 Å². The van der Waals surface area contributed by atoms with Gasteiger partial charge in [-0.2, -0.15) is 0 Å². The van der Waals surface area contributed by atoms with Gasteiger partial charge in [0.2, 0.25) is 0 Å². The van der Waals surface area contributed by atoms with Crippen LogP contribution in [0, 0.1) is 0 Å². The van der Waals surface area contributed by atoms with E-state index < -0.39 is 0 Å². The molecule has 0 radical (unpaired) electrons. The molecule has 2 N–H and O–H groups in total. The lowest BCUT2D eigenvalue weighted by atomic mass is 10.2. The summed E-state index contributed by atoms with van der Waals surface area (Å²) in [6.45, 7) is 0.553. The number of nitrogens with two attached hydrogens (primary N) is 1. The Balaban J connectivity index is 2.39. The molecular weight excluding hydrogens is 240 g/mol. The van der Waals surface area contributed by atoms with Crippen LogP contribution in [-0.4, -0.2) is 28.6 Å². The topological polar surface area (TPSA) is 66.0 Å². The molecule has 0 aliphatic heterocycles. The predicted molar refractivity (Wildman–Crippen MR) is 65.7 cm³/mol. The van der Waals surface area contributed by atoms with Gasteiger partial charge in [-0.1, -0.05) is 16.8 Å². The first-order valence-electron chi connectivity index (χ1n) is 5.20. The van der Waals surface area contributed by atoms with Crippen molar-refractivity contribution in [2.75, 3.05) is 13.7 Å². The lowest BCUT2D eigenvalue weighted by Gasteiger charge is -2.08. The average Bonchev–Trinajstić information content (AvgIpc) is 2.78. The Morgan fingerprint density at radius 3 is 2.94 bits per heavy atom. The highest BCUT2D eigenvalue weighted by Gasteiger charge is 2.08. The van der Waals surface area contributed by atoms with Gasteiger partial charge in [-0.3, -0.25) is 0 Å². The monoisotopic (exact) mass is 252 g/mol. The predicted octanol–water partition coefficient (Wildman–Crippen LogP) is 1.43. The minimum atomic E-state index is 0.541. The summed E-state index contributed by atoms with van der Waals surface area (Å²) in [5, 5.41) is 8.43. The van der Waals surface area contributed by atoms with Crippen molar-refractivity contribution in [3.8, 4) is 11.4 Å². The smallest absolute Gasteiger partial charge is 0.137 e. The Kier molecular flexibility index (Phi) is 3.61. The van der Waals surface area contributed by atoms with Gasteiger partial charge in [0.05, 0.1) is 29.7 Å². The van der Waals surface area contributed by atoms with Crippen LogP contribution in [0.5, 0.6) is 5.75 Å². The van der Waals surface area contributed by atoms with Crippen LogP contribution >= 0.6 is 11.6 Å². The van der Waals surface area contributed by atoms with Gasteiger partial charge in [0.25, 0.3) is 0 Å². The van der Waals surface area contributed by atoms with Crippen molar-refractivity contribution >= 4 is 11.6 Å². The van der Waals surface area contributed by atoms with Crippen LogP contribution in [0.15, 0.2) is 24.4 Å². The number of hydrogen-bond donors (Lipinski definition) is 1. The molecule has 0 bridgehead atoms. The Labute approximate surface area is 104 Å². The Morgan fingerprint density at radius 1 is 1.47 bits per heavy atom. The molecule has 0 fully saturated rings. The van der Waals surface area contributed by atoms with E-state index in [1.807, 2.05) is 6.07 Å². The molecule has 1 heterocycles. The maximum atomic E-state index is 6.06. The number of methoxy groups -OCH3 is 1. The second-order valence-electron chi connectivity index (χ2n) is 3.49. The van der Waals surface area contributed by atoms with Crippen molar-refractivity contribution in [1.82, 2.24) is 15.0 Å². The molecule has 90 valence electrons. The molecule has 0 unspecified atom stereocenters. The lowest BCUT2D eigenvalue weighted by molar-refractivity contribution is 0.415. The first-order chi connectivity index (χ1) is 8.26. The minimum Gasteiger partial charge on any atom is -0.495 e. The van der Waals surface area contributed by atoms with Crippen molar-refractivity contribution in [3.63, 3.8) is 0 Å². The summed E-state index contributed by atoms with van der Waals surface area (Å²) in [6, 6.07) is 5.46. The average molecular weight is 253 g/mol. The van der Waals surface area contributed by atoms with E-state index in [-0.39, 0.29) is 0 Å². The van der Waals surface area contributed by atoms with E-state index in [1.165, 1.54) is 0 Å². The Bertz CT molecular complexity index is 512. The molecule has 5 nitrogen and oxygen atoms in total. The van der Waals surface area contributed by atoms with E-state index in [9.17, 15) is 0 Å². The van der Waals surface area contributed by atoms with Crippen molar-refractivity contribution in [2.45, 2.75) is 6.42 Å². The first kappa shape index (κ1) is 11.9. The molecule has 0 aliphatic rings. The largest absolute Gasteiger partial charge is 0.495 e. The van der Waals surface area contributed by atoms with Gasteiger partial charge >= 0.3 is 0 Å². The van der Waals surface area contributed by atoms with Gasteiger partial charge in [0.15, 0.2) is 0 Å². The molecule has 0 spiro atoms. The fourth-order valence-corrected chi connectivity index (χ4v) is 1.83. The van der Waals surface area contributed by atoms with Gasteiger partial charge in [-0.05, 0) is 24.7 Å². The van der Waals surface area contributed by atoms with Crippen LogP contribution in [0.2, 0.25) is 5.02 Å². The van der Waals surface area contributed by atoms with E-state index in [0.29, 0.717) is 17.3 Å². The quantitative estimate of drug-likeness (QED) is 0.894. The number of hydrogen-bond acceptors (Lipinski definition) is 4. The third-order valence-corrected chi connectivity index (χ3v) is 2.70. The van der Waals surface area contributed by atoms with Gasteiger partial charge in [0, 0.05) is 6.42 Å². The number of ether oxygens (including phenoxy) is 1. The lowest BCUT2D eigenvalue weighted by Crippen LogP contribution is -2.08. The maximum Gasteiger partial charge on any atom is 0.137 e. The highest BCUT2D eigenvalue weighted by atomic mass is 35.5. The third kappa shape index (κ3) is 2.40. The molecule has 1 aromatic heterocycles. The molecule has 17 heavy (non-hydrogen) atoms. The van der Waals surface area contributed by atoms with E-state index in [0.717, 1.165) is 17.8 Å². The second kappa shape index (κ2) is 5.16. The number of halogens is 1. The zero-order valence-electron chi connectivity index (χ0n) is 9.43. The normalized spacial score (nSPS) is 10.5. The summed E-state index contributed by atoms with van der Waals surface area (Å²) in [6.07, 6.45) is 2.42. The molecule has 0 saturated heterocycles. The molecular formula is C11H13ClN4O. The van der Waals surface area contributed by atoms with Crippen LogP contribution in [0.4, 0.5) is 0 Å². The van der Waals surface area contributed by atoms with Crippen LogP contribution in [0.1, 0.15) is 5.69 Å². The first-order valence-corrected chi connectivity index (χ1v) is 5.57. The highest BCUT2D eigenvalue weighted by Crippen LogP contribution is 2.26. The van der Waals surface area contributed by atoms with Gasteiger partial charge in [-0.15, -0.1) is 5.10 Å². The maximum absolute atomic E-state index is 6.06. The third-order valence-electron chi connectivity index (χ3n) is 2.40. The summed E-state index contributed by atoms with van der Waals surface area (Å²) < 4.78 is 6.82. The summed E-state index contributed by atoms with van der Waals surface area (Å²) in [7, 11) is 1.58. The number of nitrogens with zero attached hydrogens (tertiary/aromatic N) is 3. The van der Waals surface area contributed by atoms with Crippen LogP contribution in [0.3, 0.4) is 0 Å². The van der Waals surface area contributed by atoms with Crippen LogP contribution in [0.25, 0.3) is 5.69 Å². The second-order valence-corrected chi connectivity index (χ2v) is 3.90. The zero-order chi connectivity index (χ0) is 12.3. The van der Waals surface area contributed by atoms with E-state index in [2.05, 4.69) is 10.3 Å². The molecule has 0 amide bonds. The van der Waals surface area contributed by atoms with E-state index >= 15 is 0 Å². The van der Waals surface area contributed by atoms with Crippen molar-refractivity contribution in [2.24, 2.45) is 5.73 Å². The van der Waals surface area contributed by atoms with Gasteiger partial charge in [0.1, 0.15) is 5.75 Å². The molecule has 1 aromatic carbocycles. The van der Waals surface area contributed by atoms with E-state index in [4.69, 9.17) is 22.1 Å². The number of aromatic nitrogens is 3. The Hall–Kier alpha value is -1.59. The van der Waals surface area contributed by atoms with Crippen molar-refractivity contribution < 1.29 is 4.74 Å². The summed E-state index contributed by atoms with van der Waals surface area (Å²) in [5.41, 5.74) is 7.32. The zero-order valence-corrected chi connectivity index (χ0v) is 10.2. The van der Waals surface area contributed by atoms with Crippen molar-refractivity contribution in [3.05, 3.63) is 35.1 Å². The minimum absolute atomic E-state index is 0.541. The summed E-state index contributed by atoms with van der Waals surface area (Å²) in [5.74, 6) is 0.635. The van der Waals surface area contributed by atoms with Gasteiger partial charge in [-0.25, -0.2) is 4.68 Å². The summed E-state index contributed by atoms with van der Waals surface area (Å²) >= 11 is 6.06. The SMILES string of the molecule is COc1ccc(-n2nncc2CCN)cc1Cl. The molecule has 0 aliphatic carbocycles. The number of benzene rings is 1. The van der Waals surface area contributed by atoms with Crippen LogP contribution in [-0.2, 0) is 6.42 Å². The number of rotatable bonds is 4. The molecule has 0 saturated carbocycles. The molecule has 2 rings (SSSR count). The molecule has 2 aromatic rings. The Morgan fingerprint density at radius 2 is 2.29 bits per heavy atom. The highest BCUT2D eigenvalue weighted by molar-refractivity contribution is 6.32. The standard InChI is InChI=1S/C11H13ClN4O/c1-17-11-3-2-8(6-10(11)12)16-9(4-5-13)7-14-15-16/h2-3,6-7H,4-5,13H2,1H3. The van der Waals surface area contributed by atoms with E-state index in [1.54, 1.807) is 30.1 Å². The molecule has 0 atom stereocenters. The molecule has 6 heteroatoms. The fraction of sp³-hybridized carbons (Fsp3) is 0.273. The van der Waals surface area contributed by atoms with Gasteiger partial charge < -0.3 is 10.5 Å². The fourth-order valence-electron chi connectivity index (χ4n) is 1.58. The van der Waals surface area contributed by atoms with Crippen molar-refractivity contribution in [1.29, 1.82) is 0 Å². The summed E-state index contributed by atoms with van der Waals surface area (Å²) in [4.78, 5) is 0.